The number of hydrogen-bond donors (Lipinski definition) is 2. The maximum absolute atomic E-state index is 14.3. The van der Waals surface area contributed by atoms with Gasteiger partial charge in [0.15, 0.2) is 0 Å². The number of benzene rings is 3. The standard InChI is InChI=1S/C38H42N4O5/c1-26(2)33-37(46)41(31(28-16-8-4-9-17-28)23-42(33)36(45)29-18-10-5-11-19-29)24-32(43)39-30(22-27-14-6-3-7-15-27)34(44)35-40-38(25-47-35)20-12-13-21-38/h3-11,14-19,23,26,30,33-34,44H,12-13,20-22,24-25H2,1-2H3,(H,39,43). The summed E-state index contributed by atoms with van der Waals surface area (Å²) in [6, 6.07) is 26.2. The normalized spacial score (nSPS) is 20.1. The molecule has 47 heavy (non-hydrogen) atoms. The molecule has 2 N–H and O–H groups in total. The van der Waals surface area contributed by atoms with Crippen molar-refractivity contribution in [3.8, 4) is 0 Å². The number of aliphatic hydroxyl groups is 1. The van der Waals surface area contributed by atoms with Gasteiger partial charge in [0.25, 0.3) is 11.8 Å². The zero-order valence-electron chi connectivity index (χ0n) is 26.9. The molecule has 0 radical (unpaired) electrons. The molecule has 9 heteroatoms. The number of nitrogens with one attached hydrogen (secondary N) is 1. The topological polar surface area (TPSA) is 112 Å². The van der Waals surface area contributed by atoms with Crippen LogP contribution in [0.3, 0.4) is 0 Å². The van der Waals surface area contributed by atoms with Crippen molar-refractivity contribution in [2.24, 2.45) is 10.9 Å². The first-order chi connectivity index (χ1) is 22.7. The molecular weight excluding hydrogens is 592 g/mol. The fourth-order valence-electron chi connectivity index (χ4n) is 6.83. The van der Waals surface area contributed by atoms with Gasteiger partial charge in [0, 0.05) is 11.8 Å². The minimum atomic E-state index is -1.16. The van der Waals surface area contributed by atoms with Gasteiger partial charge in [-0.1, -0.05) is 106 Å². The van der Waals surface area contributed by atoms with Gasteiger partial charge >= 0.3 is 0 Å². The zero-order valence-corrected chi connectivity index (χ0v) is 26.9. The van der Waals surface area contributed by atoms with E-state index in [1.54, 1.807) is 30.5 Å². The zero-order chi connectivity index (χ0) is 33.0. The van der Waals surface area contributed by atoms with Crippen LogP contribution < -0.4 is 5.32 Å². The Morgan fingerprint density at radius 3 is 2.21 bits per heavy atom. The molecule has 3 unspecified atom stereocenters. The molecule has 6 rings (SSSR count). The second-order valence-electron chi connectivity index (χ2n) is 13.1. The first kappa shape index (κ1) is 32.2. The molecular formula is C38H42N4O5. The average Bonchev–Trinajstić information content (AvgIpc) is 3.74. The largest absolute Gasteiger partial charge is 0.476 e. The van der Waals surface area contributed by atoms with Crippen LogP contribution in [-0.2, 0) is 20.7 Å². The lowest BCUT2D eigenvalue weighted by molar-refractivity contribution is -0.138. The number of amides is 3. The Balaban J connectivity index is 1.30. The second-order valence-corrected chi connectivity index (χ2v) is 13.1. The lowest BCUT2D eigenvalue weighted by atomic mass is 9.96. The van der Waals surface area contributed by atoms with Crippen molar-refractivity contribution in [3.05, 3.63) is 114 Å². The van der Waals surface area contributed by atoms with Crippen LogP contribution in [-0.4, -0.2) is 75.4 Å². The highest BCUT2D eigenvalue weighted by atomic mass is 16.5. The summed E-state index contributed by atoms with van der Waals surface area (Å²) in [4.78, 5) is 49.8. The predicted octanol–water partition coefficient (Wildman–Crippen LogP) is 4.82. The SMILES string of the molecule is CC(C)C1C(=O)N(CC(=O)NC(Cc2ccccc2)C(O)C2=NC3(CCCC3)CO2)C(c2ccccc2)=CN1C(=O)c1ccccc1. The summed E-state index contributed by atoms with van der Waals surface area (Å²) in [5, 5.41) is 14.6. The number of aliphatic hydroxyl groups excluding tert-OH is 1. The van der Waals surface area contributed by atoms with Crippen LogP contribution in [0.5, 0.6) is 0 Å². The van der Waals surface area contributed by atoms with Gasteiger partial charge in [-0.3, -0.25) is 19.3 Å². The van der Waals surface area contributed by atoms with Gasteiger partial charge in [-0.2, -0.15) is 0 Å². The van der Waals surface area contributed by atoms with Crippen LogP contribution in [0.2, 0.25) is 0 Å². The molecule has 0 saturated heterocycles. The van der Waals surface area contributed by atoms with E-state index >= 15 is 0 Å². The van der Waals surface area contributed by atoms with Crippen molar-refractivity contribution in [1.29, 1.82) is 0 Å². The summed E-state index contributed by atoms with van der Waals surface area (Å²) in [6.07, 6.45) is 4.86. The Kier molecular flexibility index (Phi) is 9.54. The van der Waals surface area contributed by atoms with Crippen molar-refractivity contribution >= 4 is 29.3 Å². The van der Waals surface area contributed by atoms with Crippen molar-refractivity contribution < 1.29 is 24.2 Å². The number of nitrogens with zero attached hydrogens (tertiary/aromatic N) is 3. The molecule has 2 heterocycles. The summed E-state index contributed by atoms with van der Waals surface area (Å²) in [6.45, 7) is 3.91. The lowest BCUT2D eigenvalue weighted by Gasteiger charge is -2.41. The van der Waals surface area contributed by atoms with Gasteiger partial charge in [0.2, 0.25) is 11.8 Å². The molecule has 244 valence electrons. The van der Waals surface area contributed by atoms with Crippen LogP contribution in [0, 0.1) is 5.92 Å². The molecule has 3 amide bonds. The molecule has 3 aliphatic rings. The lowest BCUT2D eigenvalue weighted by Crippen LogP contribution is -2.57. The van der Waals surface area contributed by atoms with E-state index in [0.717, 1.165) is 31.2 Å². The van der Waals surface area contributed by atoms with E-state index < -0.39 is 24.1 Å². The summed E-state index contributed by atoms with van der Waals surface area (Å²) >= 11 is 0. The molecule has 9 nitrogen and oxygen atoms in total. The Hall–Kier alpha value is -4.76. The van der Waals surface area contributed by atoms with Gasteiger partial charge < -0.3 is 20.1 Å². The Bertz CT molecular complexity index is 1630. The minimum absolute atomic E-state index is 0.234. The van der Waals surface area contributed by atoms with E-state index in [1.165, 1.54) is 9.80 Å². The second kappa shape index (κ2) is 13.9. The third kappa shape index (κ3) is 7.00. The molecule has 1 saturated carbocycles. The van der Waals surface area contributed by atoms with Gasteiger partial charge in [-0.15, -0.1) is 0 Å². The summed E-state index contributed by atoms with van der Waals surface area (Å²) in [7, 11) is 0. The monoisotopic (exact) mass is 634 g/mol. The number of rotatable bonds is 10. The molecule has 3 aromatic carbocycles. The van der Waals surface area contributed by atoms with E-state index in [-0.39, 0.29) is 35.7 Å². The average molecular weight is 635 g/mol. The van der Waals surface area contributed by atoms with Gasteiger partial charge in [-0.25, -0.2) is 4.99 Å². The van der Waals surface area contributed by atoms with Crippen LogP contribution >= 0.6 is 0 Å². The fourth-order valence-corrected chi connectivity index (χ4v) is 6.83. The fraction of sp³-hybridized carbons (Fsp3) is 0.368. The number of carbonyl (C=O) groups is 3. The van der Waals surface area contributed by atoms with E-state index in [2.05, 4.69) is 5.32 Å². The van der Waals surface area contributed by atoms with Gasteiger partial charge in [-0.05, 0) is 48.4 Å². The van der Waals surface area contributed by atoms with Crippen molar-refractivity contribution in [1.82, 2.24) is 15.1 Å². The molecule has 1 aliphatic carbocycles. The van der Waals surface area contributed by atoms with E-state index in [4.69, 9.17) is 9.73 Å². The third-order valence-electron chi connectivity index (χ3n) is 9.28. The van der Waals surface area contributed by atoms with Gasteiger partial charge in [0.05, 0.1) is 17.3 Å². The summed E-state index contributed by atoms with van der Waals surface area (Å²) < 4.78 is 5.94. The van der Waals surface area contributed by atoms with Crippen LogP contribution in [0.4, 0.5) is 0 Å². The maximum atomic E-state index is 14.3. The molecule has 1 spiro atoms. The van der Waals surface area contributed by atoms with E-state index in [1.807, 2.05) is 80.6 Å². The van der Waals surface area contributed by atoms with Crippen LogP contribution in [0.25, 0.3) is 5.70 Å². The minimum Gasteiger partial charge on any atom is -0.476 e. The first-order valence-electron chi connectivity index (χ1n) is 16.4. The molecule has 0 aromatic heterocycles. The van der Waals surface area contributed by atoms with E-state index in [0.29, 0.717) is 29.9 Å². The van der Waals surface area contributed by atoms with Crippen molar-refractivity contribution in [2.75, 3.05) is 13.2 Å². The molecule has 0 bridgehead atoms. The Labute approximate surface area is 275 Å². The highest BCUT2D eigenvalue weighted by Crippen LogP contribution is 2.37. The summed E-state index contributed by atoms with van der Waals surface area (Å²) in [5.74, 6) is -1.07. The van der Waals surface area contributed by atoms with Crippen LogP contribution in [0.15, 0.2) is 102 Å². The number of hydrogen-bond acceptors (Lipinski definition) is 6. The maximum Gasteiger partial charge on any atom is 0.258 e. The number of aliphatic imine (C=N–C) groups is 1. The highest BCUT2D eigenvalue weighted by Gasteiger charge is 2.44. The van der Waals surface area contributed by atoms with E-state index in [9.17, 15) is 19.5 Å². The molecule has 3 aromatic rings. The third-order valence-corrected chi connectivity index (χ3v) is 9.28. The molecule has 3 atom stereocenters. The first-order valence-corrected chi connectivity index (χ1v) is 16.4. The smallest absolute Gasteiger partial charge is 0.258 e. The predicted molar refractivity (Wildman–Crippen MR) is 180 cm³/mol. The van der Waals surface area contributed by atoms with Crippen LogP contribution in [0.1, 0.15) is 61.0 Å². The highest BCUT2D eigenvalue weighted by molar-refractivity contribution is 6.03. The molecule has 2 aliphatic heterocycles. The Morgan fingerprint density at radius 2 is 1.57 bits per heavy atom. The van der Waals surface area contributed by atoms with Crippen molar-refractivity contribution in [2.45, 2.75) is 69.7 Å². The Morgan fingerprint density at radius 1 is 0.957 bits per heavy atom. The molecule has 1 fully saturated rings. The number of carbonyl (C=O) groups excluding carboxylic acids is 3. The quantitative estimate of drug-likeness (QED) is 0.332. The van der Waals surface area contributed by atoms with Gasteiger partial charge in [0.1, 0.15) is 25.3 Å². The summed E-state index contributed by atoms with van der Waals surface area (Å²) in [5.41, 5.74) is 2.24. The number of ether oxygens (including phenoxy) is 1. The van der Waals surface area contributed by atoms with Crippen molar-refractivity contribution in [3.63, 3.8) is 0 Å².